The number of rotatable bonds is 6. The Bertz CT molecular complexity index is 703. The molecule has 2 heterocycles. The maximum Gasteiger partial charge on any atom is 0.264 e. The number of halogens is 1. The summed E-state index contributed by atoms with van der Waals surface area (Å²) in [6.45, 7) is 2.76. The highest BCUT2D eigenvalue weighted by Gasteiger charge is 2.31. The number of oxime groups is 1. The first-order chi connectivity index (χ1) is 12.5. The van der Waals surface area contributed by atoms with E-state index >= 15 is 0 Å². The molecular formula is C18H22FN3O4. The Labute approximate surface area is 150 Å². The molecule has 0 aliphatic carbocycles. The molecule has 2 amide bonds. The minimum absolute atomic E-state index is 0.0437. The van der Waals surface area contributed by atoms with Crippen molar-refractivity contribution in [1.29, 1.82) is 0 Å². The number of carbonyl (C=O) groups is 2. The second-order valence-electron chi connectivity index (χ2n) is 6.46. The van der Waals surface area contributed by atoms with Gasteiger partial charge in [0.2, 0.25) is 12.0 Å². The van der Waals surface area contributed by atoms with Crippen molar-refractivity contribution < 1.29 is 23.6 Å². The third-order valence-corrected chi connectivity index (χ3v) is 4.40. The maximum atomic E-state index is 13.3. The van der Waals surface area contributed by atoms with Gasteiger partial charge < -0.3 is 20.2 Å². The van der Waals surface area contributed by atoms with Gasteiger partial charge in [0, 0.05) is 25.1 Å². The lowest BCUT2D eigenvalue weighted by atomic mass is 10.0. The highest BCUT2D eigenvalue weighted by Crippen LogP contribution is 2.17. The second-order valence-corrected chi connectivity index (χ2v) is 6.46. The van der Waals surface area contributed by atoms with Gasteiger partial charge in [-0.05, 0) is 31.9 Å². The highest BCUT2D eigenvalue weighted by molar-refractivity contribution is 6.04. The molecule has 2 aliphatic rings. The molecule has 8 heteroatoms. The standard InChI is InChI=1S/C18H22FN3O4/c1-11(17(23)20-10-14-6-3-7-25-14)21-18(24)16-9-15(22-26-16)12-4-2-5-13(19)8-12/h2,4-5,8,11,14,16H,3,6-7,9-10H2,1H3,(H,20,23)(H,21,24)/t11-,14+,16-/m0/s1. The molecule has 1 saturated heterocycles. The predicted octanol–water partition coefficient (Wildman–Crippen LogP) is 1.12. The number of hydrogen-bond acceptors (Lipinski definition) is 5. The lowest BCUT2D eigenvalue weighted by Gasteiger charge is -2.17. The van der Waals surface area contributed by atoms with Crippen LogP contribution >= 0.6 is 0 Å². The van der Waals surface area contributed by atoms with E-state index < -0.39 is 18.1 Å². The largest absolute Gasteiger partial charge is 0.382 e. The molecule has 1 aromatic carbocycles. The van der Waals surface area contributed by atoms with E-state index in [1.165, 1.54) is 12.1 Å². The summed E-state index contributed by atoms with van der Waals surface area (Å²) in [6.07, 6.45) is 1.36. The van der Waals surface area contributed by atoms with Crippen molar-refractivity contribution in [1.82, 2.24) is 10.6 Å². The molecule has 0 saturated carbocycles. The number of nitrogens with zero attached hydrogens (tertiary/aromatic N) is 1. The Morgan fingerprint density at radius 2 is 2.27 bits per heavy atom. The molecule has 3 rings (SSSR count). The van der Waals surface area contributed by atoms with Crippen LogP contribution in [0.3, 0.4) is 0 Å². The summed E-state index contributed by atoms with van der Waals surface area (Å²) in [6, 6.07) is 5.24. The van der Waals surface area contributed by atoms with Crippen LogP contribution in [0, 0.1) is 5.82 Å². The fraction of sp³-hybridized carbons (Fsp3) is 0.500. The van der Waals surface area contributed by atoms with Gasteiger partial charge in [-0.15, -0.1) is 0 Å². The molecule has 1 aromatic rings. The van der Waals surface area contributed by atoms with E-state index in [9.17, 15) is 14.0 Å². The quantitative estimate of drug-likeness (QED) is 0.793. The molecular weight excluding hydrogens is 341 g/mol. The minimum atomic E-state index is -0.832. The van der Waals surface area contributed by atoms with Gasteiger partial charge in [0.15, 0.2) is 0 Å². The molecule has 0 radical (unpaired) electrons. The first-order valence-corrected chi connectivity index (χ1v) is 8.71. The highest BCUT2D eigenvalue weighted by atomic mass is 19.1. The number of amides is 2. The summed E-state index contributed by atoms with van der Waals surface area (Å²) in [5.41, 5.74) is 1.07. The van der Waals surface area contributed by atoms with Gasteiger partial charge in [-0.2, -0.15) is 0 Å². The lowest BCUT2D eigenvalue weighted by Crippen LogP contribution is -2.49. The molecule has 140 valence electrons. The molecule has 2 aliphatic heterocycles. The van der Waals surface area contributed by atoms with Crippen molar-refractivity contribution in [2.45, 2.75) is 44.4 Å². The fourth-order valence-electron chi connectivity index (χ4n) is 2.90. The van der Waals surface area contributed by atoms with E-state index in [4.69, 9.17) is 9.57 Å². The zero-order valence-electron chi connectivity index (χ0n) is 14.5. The van der Waals surface area contributed by atoms with Gasteiger partial charge in [0.05, 0.1) is 11.8 Å². The van der Waals surface area contributed by atoms with Gasteiger partial charge in [-0.3, -0.25) is 9.59 Å². The average molecular weight is 363 g/mol. The summed E-state index contributed by atoms with van der Waals surface area (Å²) in [7, 11) is 0. The average Bonchev–Trinajstić information content (AvgIpc) is 3.31. The van der Waals surface area contributed by atoms with Crippen LogP contribution in [-0.2, 0) is 19.2 Å². The Balaban J connectivity index is 1.45. The summed E-state index contributed by atoms with van der Waals surface area (Å²) in [5, 5.41) is 9.25. The zero-order chi connectivity index (χ0) is 18.5. The van der Waals surface area contributed by atoms with Gasteiger partial charge >= 0.3 is 0 Å². The first kappa shape index (κ1) is 18.3. The van der Waals surface area contributed by atoms with E-state index in [0.29, 0.717) is 17.8 Å². The molecule has 0 aromatic heterocycles. The molecule has 0 bridgehead atoms. The van der Waals surface area contributed by atoms with Crippen molar-refractivity contribution >= 4 is 17.5 Å². The lowest BCUT2D eigenvalue weighted by molar-refractivity contribution is -0.135. The van der Waals surface area contributed by atoms with Crippen LogP contribution in [-0.4, -0.2) is 48.9 Å². The molecule has 0 spiro atoms. The minimum Gasteiger partial charge on any atom is -0.382 e. The predicted molar refractivity (Wildman–Crippen MR) is 92.0 cm³/mol. The maximum absolute atomic E-state index is 13.3. The van der Waals surface area contributed by atoms with Crippen LogP contribution < -0.4 is 10.6 Å². The Hall–Kier alpha value is -2.48. The third-order valence-electron chi connectivity index (χ3n) is 4.40. The summed E-state index contributed by atoms with van der Waals surface area (Å²) >= 11 is 0. The second kappa shape index (κ2) is 8.27. The molecule has 26 heavy (non-hydrogen) atoms. The Kier molecular flexibility index (Phi) is 5.82. The van der Waals surface area contributed by atoms with Crippen molar-refractivity contribution in [3.8, 4) is 0 Å². The van der Waals surface area contributed by atoms with E-state index in [1.54, 1.807) is 19.1 Å². The van der Waals surface area contributed by atoms with Crippen LogP contribution in [0.15, 0.2) is 29.4 Å². The van der Waals surface area contributed by atoms with Crippen LogP contribution in [0.25, 0.3) is 0 Å². The number of nitrogens with one attached hydrogen (secondary N) is 2. The summed E-state index contributed by atoms with van der Waals surface area (Å²) in [5.74, 6) is -1.09. The van der Waals surface area contributed by atoms with Crippen LogP contribution in [0.5, 0.6) is 0 Å². The number of carbonyl (C=O) groups excluding carboxylic acids is 2. The van der Waals surface area contributed by atoms with Crippen LogP contribution in [0.2, 0.25) is 0 Å². The van der Waals surface area contributed by atoms with Gasteiger partial charge in [0.25, 0.3) is 5.91 Å². The van der Waals surface area contributed by atoms with Crippen molar-refractivity contribution in [3.05, 3.63) is 35.6 Å². The van der Waals surface area contributed by atoms with Crippen LogP contribution in [0.4, 0.5) is 4.39 Å². The fourth-order valence-corrected chi connectivity index (χ4v) is 2.90. The van der Waals surface area contributed by atoms with E-state index in [2.05, 4.69) is 15.8 Å². The normalized spacial score (nSPS) is 23.1. The number of ether oxygens (including phenoxy) is 1. The SMILES string of the molecule is C[C@H](NC(=O)[C@@H]1CC(c2cccc(F)c2)=NO1)C(=O)NC[C@H]1CCCO1. The van der Waals surface area contributed by atoms with E-state index in [0.717, 1.165) is 19.4 Å². The van der Waals surface area contributed by atoms with Crippen molar-refractivity contribution in [3.63, 3.8) is 0 Å². The first-order valence-electron chi connectivity index (χ1n) is 8.71. The Morgan fingerprint density at radius 3 is 3.00 bits per heavy atom. The van der Waals surface area contributed by atoms with Gasteiger partial charge in [-0.25, -0.2) is 4.39 Å². The van der Waals surface area contributed by atoms with E-state index in [1.807, 2.05) is 0 Å². The third kappa shape index (κ3) is 4.57. The molecule has 7 nitrogen and oxygen atoms in total. The molecule has 1 fully saturated rings. The van der Waals surface area contributed by atoms with E-state index in [-0.39, 0.29) is 24.2 Å². The zero-order valence-corrected chi connectivity index (χ0v) is 14.5. The van der Waals surface area contributed by atoms with Crippen molar-refractivity contribution in [2.75, 3.05) is 13.2 Å². The van der Waals surface area contributed by atoms with Crippen molar-refractivity contribution in [2.24, 2.45) is 5.16 Å². The number of benzene rings is 1. The smallest absolute Gasteiger partial charge is 0.264 e. The number of hydrogen-bond donors (Lipinski definition) is 2. The topological polar surface area (TPSA) is 89.0 Å². The molecule has 2 N–H and O–H groups in total. The van der Waals surface area contributed by atoms with Gasteiger partial charge in [-0.1, -0.05) is 17.3 Å². The molecule has 3 atom stereocenters. The Morgan fingerprint density at radius 1 is 1.42 bits per heavy atom. The van der Waals surface area contributed by atoms with Crippen LogP contribution in [0.1, 0.15) is 31.7 Å². The summed E-state index contributed by atoms with van der Waals surface area (Å²) in [4.78, 5) is 29.5. The van der Waals surface area contributed by atoms with Gasteiger partial charge in [0.1, 0.15) is 11.9 Å². The molecule has 0 unspecified atom stereocenters. The summed E-state index contributed by atoms with van der Waals surface area (Å²) < 4.78 is 18.7. The monoisotopic (exact) mass is 363 g/mol.